The number of fused-ring (bicyclic) bond motifs is 1. The van der Waals surface area contributed by atoms with E-state index in [4.69, 9.17) is 0 Å². The molecule has 1 aliphatic rings. The summed E-state index contributed by atoms with van der Waals surface area (Å²) in [6.45, 7) is 7.87. The van der Waals surface area contributed by atoms with Crippen LogP contribution in [0.15, 0.2) is 37.1 Å². The first-order chi connectivity index (χ1) is 11.1. The number of carbonyl (C=O) groups is 1. The zero-order valence-corrected chi connectivity index (χ0v) is 13.8. The molecule has 0 bridgehead atoms. The lowest BCUT2D eigenvalue weighted by Gasteiger charge is -2.24. The van der Waals surface area contributed by atoms with E-state index in [2.05, 4.69) is 49.0 Å². The molecule has 120 valence electrons. The molecule has 1 heterocycles. The number of amides is 1. The first kappa shape index (κ1) is 15.5. The highest BCUT2D eigenvalue weighted by Gasteiger charge is 2.26. The van der Waals surface area contributed by atoms with Crippen molar-refractivity contribution in [3.63, 3.8) is 0 Å². The molecule has 1 N–H and O–H groups in total. The SMILES string of the molecule is C=CCC(=O)N[C@H]1CCCc2c1cnn2-c1cccc(C)c1C. The quantitative estimate of drug-likeness (QED) is 0.878. The number of nitrogens with one attached hydrogen (secondary N) is 1. The van der Waals surface area contributed by atoms with Crippen molar-refractivity contribution < 1.29 is 4.79 Å². The predicted octanol–water partition coefficient (Wildman–Crippen LogP) is 3.56. The molecular weight excluding hydrogens is 286 g/mol. The van der Waals surface area contributed by atoms with E-state index in [0.29, 0.717) is 6.42 Å². The van der Waals surface area contributed by atoms with Crippen LogP contribution in [0.4, 0.5) is 0 Å². The Morgan fingerprint density at radius 1 is 1.48 bits per heavy atom. The highest BCUT2D eigenvalue weighted by atomic mass is 16.1. The molecule has 1 aromatic carbocycles. The van der Waals surface area contributed by atoms with Crippen molar-refractivity contribution in [3.8, 4) is 5.69 Å². The third kappa shape index (κ3) is 2.93. The highest BCUT2D eigenvalue weighted by Crippen LogP contribution is 2.32. The number of carbonyl (C=O) groups excluding carboxylic acids is 1. The second-order valence-electron chi connectivity index (χ2n) is 6.18. The number of nitrogens with zero attached hydrogens (tertiary/aromatic N) is 2. The van der Waals surface area contributed by atoms with Crippen LogP contribution in [0.3, 0.4) is 0 Å². The Labute approximate surface area is 137 Å². The Hall–Kier alpha value is -2.36. The number of aryl methyl sites for hydroxylation is 1. The van der Waals surface area contributed by atoms with Crippen LogP contribution < -0.4 is 5.32 Å². The van der Waals surface area contributed by atoms with Crippen LogP contribution in [0.25, 0.3) is 5.69 Å². The minimum absolute atomic E-state index is 0.0253. The van der Waals surface area contributed by atoms with Gasteiger partial charge in [0.25, 0.3) is 0 Å². The third-order valence-corrected chi connectivity index (χ3v) is 4.65. The zero-order valence-electron chi connectivity index (χ0n) is 13.8. The van der Waals surface area contributed by atoms with Crippen LogP contribution in [0.5, 0.6) is 0 Å². The summed E-state index contributed by atoms with van der Waals surface area (Å²) in [6.07, 6.45) is 6.93. The third-order valence-electron chi connectivity index (χ3n) is 4.65. The maximum atomic E-state index is 11.9. The first-order valence-electron chi connectivity index (χ1n) is 8.15. The molecule has 3 rings (SSSR count). The van der Waals surface area contributed by atoms with E-state index in [9.17, 15) is 4.79 Å². The Bertz CT molecular complexity index is 745. The van der Waals surface area contributed by atoms with Crippen LogP contribution in [0.2, 0.25) is 0 Å². The van der Waals surface area contributed by atoms with E-state index in [1.54, 1.807) is 6.08 Å². The Morgan fingerprint density at radius 2 is 2.30 bits per heavy atom. The van der Waals surface area contributed by atoms with Gasteiger partial charge in [-0.05, 0) is 50.3 Å². The second-order valence-corrected chi connectivity index (χ2v) is 6.18. The molecule has 1 aromatic heterocycles. The Balaban J connectivity index is 1.95. The van der Waals surface area contributed by atoms with Crippen molar-refractivity contribution in [2.75, 3.05) is 0 Å². The average Bonchev–Trinajstić information content (AvgIpc) is 2.95. The molecule has 0 unspecified atom stereocenters. The summed E-state index contributed by atoms with van der Waals surface area (Å²) in [5.74, 6) is 0.0253. The lowest BCUT2D eigenvalue weighted by atomic mass is 9.92. The molecule has 4 nitrogen and oxygen atoms in total. The standard InChI is InChI=1S/C19H23N3O/c1-4-7-19(23)21-16-9-6-11-18-15(16)12-20-22(18)17-10-5-8-13(2)14(17)3/h4-5,8,10,12,16H,1,6-7,9,11H2,2-3H3,(H,21,23)/t16-/m0/s1. The summed E-state index contributed by atoms with van der Waals surface area (Å²) in [7, 11) is 0. The van der Waals surface area contributed by atoms with Gasteiger partial charge in [-0.15, -0.1) is 6.58 Å². The lowest BCUT2D eigenvalue weighted by Crippen LogP contribution is -2.30. The van der Waals surface area contributed by atoms with E-state index in [1.807, 2.05) is 10.9 Å². The maximum Gasteiger partial charge on any atom is 0.224 e. The molecule has 0 spiro atoms. The first-order valence-corrected chi connectivity index (χ1v) is 8.15. The smallest absolute Gasteiger partial charge is 0.224 e. The van der Waals surface area contributed by atoms with Gasteiger partial charge in [-0.25, -0.2) is 4.68 Å². The van der Waals surface area contributed by atoms with Crippen LogP contribution >= 0.6 is 0 Å². The van der Waals surface area contributed by atoms with Gasteiger partial charge in [-0.3, -0.25) is 4.79 Å². The van der Waals surface area contributed by atoms with Crippen molar-refractivity contribution in [3.05, 3.63) is 59.4 Å². The van der Waals surface area contributed by atoms with Gasteiger partial charge in [-0.2, -0.15) is 5.10 Å². The average molecular weight is 309 g/mol. The molecule has 23 heavy (non-hydrogen) atoms. The maximum absolute atomic E-state index is 11.9. The van der Waals surface area contributed by atoms with E-state index < -0.39 is 0 Å². The molecule has 2 aromatic rings. The molecule has 0 aliphatic heterocycles. The van der Waals surface area contributed by atoms with Crippen molar-refractivity contribution in [2.45, 2.75) is 45.6 Å². The van der Waals surface area contributed by atoms with Crippen LogP contribution in [0, 0.1) is 13.8 Å². The minimum Gasteiger partial charge on any atom is -0.349 e. The van der Waals surface area contributed by atoms with E-state index in [-0.39, 0.29) is 11.9 Å². The minimum atomic E-state index is 0.0253. The summed E-state index contributed by atoms with van der Waals surface area (Å²) in [5, 5.41) is 7.72. The van der Waals surface area contributed by atoms with Gasteiger partial charge in [0, 0.05) is 17.7 Å². The van der Waals surface area contributed by atoms with Gasteiger partial charge in [-0.1, -0.05) is 18.2 Å². The van der Waals surface area contributed by atoms with Gasteiger partial charge in [0.15, 0.2) is 0 Å². The predicted molar refractivity (Wildman–Crippen MR) is 91.7 cm³/mol. The van der Waals surface area contributed by atoms with E-state index >= 15 is 0 Å². The summed E-state index contributed by atoms with van der Waals surface area (Å²) in [6, 6.07) is 6.35. The van der Waals surface area contributed by atoms with E-state index in [0.717, 1.165) is 30.5 Å². The normalized spacial score (nSPS) is 16.7. The van der Waals surface area contributed by atoms with E-state index in [1.165, 1.54) is 16.8 Å². The number of hydrogen-bond donors (Lipinski definition) is 1. The number of aromatic nitrogens is 2. The molecule has 0 fully saturated rings. The monoisotopic (exact) mass is 309 g/mol. The summed E-state index contributed by atoms with van der Waals surface area (Å²) < 4.78 is 2.05. The second kappa shape index (κ2) is 6.41. The molecule has 0 saturated carbocycles. The summed E-state index contributed by atoms with van der Waals surface area (Å²) in [5.41, 5.74) is 6.00. The summed E-state index contributed by atoms with van der Waals surface area (Å²) >= 11 is 0. The van der Waals surface area contributed by atoms with Gasteiger partial charge in [0.05, 0.1) is 17.9 Å². The molecule has 0 radical (unpaired) electrons. The zero-order chi connectivity index (χ0) is 16.4. The lowest BCUT2D eigenvalue weighted by molar-refractivity contribution is -0.121. The Kier molecular flexibility index (Phi) is 4.33. The van der Waals surface area contributed by atoms with Gasteiger partial charge in [0.2, 0.25) is 5.91 Å². The highest BCUT2D eigenvalue weighted by molar-refractivity contribution is 5.77. The van der Waals surface area contributed by atoms with Crippen molar-refractivity contribution in [2.24, 2.45) is 0 Å². The molecule has 1 aliphatic carbocycles. The molecule has 1 atom stereocenters. The number of benzene rings is 1. The Morgan fingerprint density at radius 3 is 3.09 bits per heavy atom. The molecule has 1 amide bonds. The van der Waals surface area contributed by atoms with Crippen molar-refractivity contribution in [1.82, 2.24) is 15.1 Å². The van der Waals surface area contributed by atoms with Crippen molar-refractivity contribution >= 4 is 5.91 Å². The topological polar surface area (TPSA) is 46.9 Å². The molecule has 0 saturated heterocycles. The van der Waals surface area contributed by atoms with Crippen LogP contribution in [-0.4, -0.2) is 15.7 Å². The van der Waals surface area contributed by atoms with Crippen LogP contribution in [-0.2, 0) is 11.2 Å². The fourth-order valence-corrected chi connectivity index (χ4v) is 3.26. The van der Waals surface area contributed by atoms with Crippen molar-refractivity contribution in [1.29, 1.82) is 0 Å². The fourth-order valence-electron chi connectivity index (χ4n) is 3.26. The van der Waals surface area contributed by atoms with Crippen LogP contribution in [0.1, 0.15) is 47.7 Å². The summed E-state index contributed by atoms with van der Waals surface area (Å²) in [4.78, 5) is 11.9. The number of hydrogen-bond acceptors (Lipinski definition) is 2. The molecule has 4 heteroatoms. The van der Waals surface area contributed by atoms with Gasteiger partial charge < -0.3 is 5.32 Å². The fraction of sp³-hybridized carbons (Fsp3) is 0.368. The number of rotatable bonds is 4. The largest absolute Gasteiger partial charge is 0.349 e. The van der Waals surface area contributed by atoms with Gasteiger partial charge >= 0.3 is 0 Å². The molecular formula is C19H23N3O. The van der Waals surface area contributed by atoms with Gasteiger partial charge in [0.1, 0.15) is 0 Å².